The van der Waals surface area contributed by atoms with Gasteiger partial charge in [0.25, 0.3) is 0 Å². The Hall–Kier alpha value is -2.91. The topological polar surface area (TPSA) is 109 Å². The van der Waals surface area contributed by atoms with Crippen molar-refractivity contribution in [1.82, 2.24) is 14.9 Å². The smallest absolute Gasteiger partial charge is 0.152 e. The van der Waals surface area contributed by atoms with Gasteiger partial charge in [-0.05, 0) is 56.9 Å². The van der Waals surface area contributed by atoms with Crippen molar-refractivity contribution in [2.24, 2.45) is 5.73 Å². The highest BCUT2D eigenvalue weighted by molar-refractivity contribution is 7.81. The molecular formula is C32H52N8S. The molecule has 9 heteroatoms. The minimum atomic E-state index is -0.214. The Morgan fingerprint density at radius 2 is 1.90 bits per heavy atom. The van der Waals surface area contributed by atoms with Crippen LogP contribution in [0.2, 0.25) is 0 Å². The number of likely N-dealkylation sites (tertiary alicyclic amines) is 1. The van der Waals surface area contributed by atoms with Crippen molar-refractivity contribution in [3.05, 3.63) is 53.4 Å². The van der Waals surface area contributed by atoms with Crippen molar-refractivity contribution in [1.29, 1.82) is 10.8 Å². The van der Waals surface area contributed by atoms with Gasteiger partial charge in [-0.1, -0.05) is 53.3 Å². The minimum Gasteiger partial charge on any atom is -0.355 e. The summed E-state index contributed by atoms with van der Waals surface area (Å²) in [5, 5.41) is 16.6. The lowest BCUT2D eigenvalue weighted by molar-refractivity contribution is 0.646. The Morgan fingerprint density at radius 1 is 1.24 bits per heavy atom. The molecule has 2 saturated heterocycles. The van der Waals surface area contributed by atoms with Crippen LogP contribution in [0.5, 0.6) is 0 Å². The lowest BCUT2D eigenvalue weighted by atomic mass is 10.0. The molecule has 2 aromatic heterocycles. The number of hydrogen-bond donors (Lipinski definition) is 4. The van der Waals surface area contributed by atoms with Crippen LogP contribution in [0, 0.1) is 10.8 Å². The van der Waals surface area contributed by atoms with Crippen LogP contribution in [0.3, 0.4) is 0 Å². The van der Waals surface area contributed by atoms with Gasteiger partial charge in [0.1, 0.15) is 23.2 Å². The van der Waals surface area contributed by atoms with Gasteiger partial charge in [-0.15, -0.1) is 0 Å². The summed E-state index contributed by atoms with van der Waals surface area (Å²) in [5.74, 6) is 2.50. The van der Waals surface area contributed by atoms with Crippen molar-refractivity contribution >= 4 is 42.0 Å². The molecule has 2 aliphatic rings. The molecule has 2 unspecified atom stereocenters. The third-order valence-corrected chi connectivity index (χ3v) is 6.83. The van der Waals surface area contributed by atoms with Gasteiger partial charge in [-0.2, -0.15) is 12.6 Å². The molecule has 2 fully saturated rings. The molecule has 0 radical (unpaired) electrons. The first-order valence-corrected chi connectivity index (χ1v) is 15.3. The summed E-state index contributed by atoms with van der Waals surface area (Å²) in [4.78, 5) is 15.9. The number of nitrogens with two attached hydrogens (primary N) is 1. The molecule has 41 heavy (non-hydrogen) atoms. The zero-order chi connectivity index (χ0) is 30.9. The molecule has 4 heterocycles. The van der Waals surface area contributed by atoms with E-state index < -0.39 is 0 Å². The second-order valence-electron chi connectivity index (χ2n) is 11.6. The molecule has 2 atom stereocenters. The van der Waals surface area contributed by atoms with Crippen LogP contribution in [-0.2, 0) is 6.54 Å². The Kier molecular flexibility index (Phi) is 12.8. The third kappa shape index (κ3) is 9.57. The highest BCUT2D eigenvalue weighted by Gasteiger charge is 2.26. The predicted molar refractivity (Wildman–Crippen MR) is 180 cm³/mol. The van der Waals surface area contributed by atoms with Gasteiger partial charge in [0.2, 0.25) is 0 Å². The molecule has 0 amide bonds. The molecule has 4 N–H and O–H groups in total. The fourth-order valence-corrected chi connectivity index (χ4v) is 4.89. The van der Waals surface area contributed by atoms with Gasteiger partial charge in [0.15, 0.2) is 5.84 Å². The van der Waals surface area contributed by atoms with Crippen LogP contribution in [0.4, 0.5) is 11.6 Å². The Morgan fingerprint density at radius 3 is 2.41 bits per heavy atom. The minimum absolute atomic E-state index is 0.194. The fraction of sp³-hybridized carbons (Fsp3) is 0.562. The Labute approximate surface area is 253 Å². The molecule has 0 bridgehead atoms. The summed E-state index contributed by atoms with van der Waals surface area (Å²) in [6.45, 7) is 20.7. The van der Waals surface area contributed by atoms with Crippen LogP contribution in [0.1, 0.15) is 103 Å². The first kappa shape index (κ1) is 34.3. The van der Waals surface area contributed by atoms with Gasteiger partial charge in [0.05, 0.1) is 5.69 Å². The third-order valence-electron chi connectivity index (χ3n) is 6.83. The normalized spacial score (nSPS) is 17.3. The van der Waals surface area contributed by atoms with Gasteiger partial charge < -0.3 is 20.4 Å². The average molecular weight is 581 g/mol. The van der Waals surface area contributed by atoms with Crippen molar-refractivity contribution in [2.45, 2.75) is 97.5 Å². The highest BCUT2D eigenvalue weighted by atomic mass is 32.1. The van der Waals surface area contributed by atoms with Gasteiger partial charge in [-0.3, -0.25) is 10.8 Å². The molecule has 0 saturated carbocycles. The molecule has 2 aromatic rings. The second-order valence-corrected chi connectivity index (χ2v) is 12.9. The van der Waals surface area contributed by atoms with Gasteiger partial charge >= 0.3 is 0 Å². The number of anilines is 2. The second kappa shape index (κ2) is 15.4. The number of nitrogens with zero attached hydrogens (tertiary/aromatic N) is 5. The van der Waals surface area contributed by atoms with Gasteiger partial charge in [0, 0.05) is 55.5 Å². The first-order valence-electron chi connectivity index (χ1n) is 14.8. The van der Waals surface area contributed by atoms with E-state index in [9.17, 15) is 0 Å². The number of rotatable bonds is 7. The summed E-state index contributed by atoms with van der Waals surface area (Å²) in [5.41, 5.74) is 9.94. The lowest BCUT2D eigenvalue weighted by Gasteiger charge is -2.27. The van der Waals surface area contributed by atoms with E-state index in [-0.39, 0.29) is 16.6 Å². The van der Waals surface area contributed by atoms with Crippen LogP contribution >= 0.6 is 12.6 Å². The van der Waals surface area contributed by atoms with Crippen molar-refractivity contribution in [3.8, 4) is 0 Å². The standard InChI is InChI=1S/C26H36N8.C4H10S.C2H6/c1-5-19-15-24(33-13-7-9-17(33)2)31-25(18(3)27)20(19)16-32(4)23-12-6-10-21(30-23)26(29)34-14-8-11-22(34)28;1-4(2,3)5;1-2/h5-6,10,12,15,17-18,28-29H,1,7-9,11,13-14,16,27H2,2-4H3;5H,1-3H3;1-2H3. The van der Waals surface area contributed by atoms with E-state index in [1.807, 2.05) is 52.1 Å². The molecule has 0 aliphatic carbocycles. The highest BCUT2D eigenvalue weighted by Crippen LogP contribution is 2.30. The number of amidine groups is 2. The maximum atomic E-state index is 8.55. The van der Waals surface area contributed by atoms with E-state index in [4.69, 9.17) is 26.5 Å². The largest absolute Gasteiger partial charge is 0.355 e. The Bertz CT molecular complexity index is 1180. The Balaban J connectivity index is 0.000000759. The number of nitrogens with one attached hydrogen (secondary N) is 2. The summed E-state index contributed by atoms with van der Waals surface area (Å²) < 4.78 is 0.194. The molecule has 8 nitrogen and oxygen atoms in total. The van der Waals surface area contributed by atoms with E-state index in [2.05, 4.69) is 62.8 Å². The number of thiol groups is 1. The van der Waals surface area contributed by atoms with Crippen molar-refractivity contribution < 1.29 is 0 Å². The first-order chi connectivity index (χ1) is 19.3. The van der Waals surface area contributed by atoms with E-state index in [0.717, 1.165) is 41.4 Å². The van der Waals surface area contributed by atoms with Crippen molar-refractivity contribution in [3.63, 3.8) is 0 Å². The summed E-state index contributed by atoms with van der Waals surface area (Å²) in [6.07, 6.45) is 5.87. The van der Waals surface area contributed by atoms with Crippen LogP contribution in [0.15, 0.2) is 30.8 Å². The monoisotopic (exact) mass is 580 g/mol. The number of pyridine rings is 2. The predicted octanol–water partition coefficient (Wildman–Crippen LogP) is 6.90. The van der Waals surface area contributed by atoms with Gasteiger partial charge in [-0.25, -0.2) is 9.97 Å². The fourth-order valence-electron chi connectivity index (χ4n) is 4.89. The van der Waals surface area contributed by atoms with Crippen LogP contribution in [0.25, 0.3) is 6.08 Å². The molecular weight excluding hydrogens is 528 g/mol. The molecule has 0 spiro atoms. The van der Waals surface area contributed by atoms with E-state index >= 15 is 0 Å². The maximum Gasteiger partial charge on any atom is 0.152 e. The van der Waals surface area contributed by atoms with Crippen LogP contribution < -0.4 is 15.5 Å². The zero-order valence-electron chi connectivity index (χ0n) is 26.5. The number of aromatic nitrogens is 2. The average Bonchev–Trinajstić information content (AvgIpc) is 3.56. The molecule has 4 rings (SSSR count). The summed E-state index contributed by atoms with van der Waals surface area (Å²) in [7, 11) is 1.99. The number of hydrogen-bond acceptors (Lipinski definition) is 8. The molecule has 2 aliphatic heterocycles. The zero-order valence-corrected chi connectivity index (χ0v) is 27.4. The quantitative estimate of drug-likeness (QED) is 0.161. The SMILES string of the molecule is C=Cc1cc(N2CCCC2C)nc(C(C)N)c1CN(C)c1cccc(C(=N)N2CCCC2=N)n1.CC.CC(C)(C)S. The van der Waals surface area contributed by atoms with Crippen molar-refractivity contribution in [2.75, 3.05) is 29.9 Å². The van der Waals surface area contributed by atoms with E-state index in [1.54, 1.807) is 4.90 Å². The summed E-state index contributed by atoms with van der Waals surface area (Å²) in [6, 6.07) is 8.08. The van der Waals surface area contributed by atoms with E-state index in [0.29, 0.717) is 37.1 Å². The molecule has 0 aromatic carbocycles. The molecule has 226 valence electrons. The van der Waals surface area contributed by atoms with Crippen LogP contribution in [-0.4, -0.2) is 57.5 Å². The lowest BCUT2D eigenvalue weighted by Crippen LogP contribution is -2.32. The maximum absolute atomic E-state index is 8.55. The summed E-state index contributed by atoms with van der Waals surface area (Å²) >= 11 is 4.12. The van der Waals surface area contributed by atoms with E-state index in [1.165, 1.54) is 12.8 Å².